The number of carbonyl (C=O) groups excluding carboxylic acids is 1. The molecule has 15 heavy (non-hydrogen) atoms. The van der Waals surface area contributed by atoms with Crippen LogP contribution in [0.25, 0.3) is 0 Å². The molecule has 0 heterocycles. The van der Waals surface area contributed by atoms with Gasteiger partial charge in [-0.2, -0.15) is 0 Å². The van der Waals surface area contributed by atoms with Crippen LogP contribution >= 0.6 is 0 Å². The maximum Gasteiger partial charge on any atom is 0.293 e. The summed E-state index contributed by atoms with van der Waals surface area (Å²) in [5.74, 6) is 0. The number of benzene rings is 1. The minimum Gasteiger partial charge on any atom is -0.462 e. The van der Waals surface area contributed by atoms with Crippen molar-refractivity contribution in [3.63, 3.8) is 0 Å². The van der Waals surface area contributed by atoms with Crippen molar-refractivity contribution < 1.29 is 9.53 Å². The summed E-state index contributed by atoms with van der Waals surface area (Å²) in [6.07, 6.45) is 0. The van der Waals surface area contributed by atoms with Gasteiger partial charge in [0, 0.05) is 0 Å². The third kappa shape index (κ3) is 9.01. The molecule has 0 aromatic heterocycles. The molecule has 0 fully saturated rings. The average molecular weight is 208 g/mol. The Morgan fingerprint density at radius 3 is 1.47 bits per heavy atom. The first-order valence-corrected chi connectivity index (χ1v) is 5.00. The van der Waals surface area contributed by atoms with Crippen LogP contribution in [0.2, 0.25) is 0 Å². The first-order valence-electron chi connectivity index (χ1n) is 5.00. The third-order valence-electron chi connectivity index (χ3n) is 1.62. The van der Waals surface area contributed by atoms with Gasteiger partial charge in [0.25, 0.3) is 6.47 Å². The number of hydrogen-bond acceptors (Lipinski definition) is 2. The summed E-state index contributed by atoms with van der Waals surface area (Å²) in [5.41, 5.74) is 2.34. The number of hydrogen-bond donors (Lipinski definition) is 0. The first kappa shape index (κ1) is 13.7. The van der Waals surface area contributed by atoms with Crippen LogP contribution in [0.15, 0.2) is 24.3 Å². The van der Waals surface area contributed by atoms with Crippen molar-refractivity contribution in [2.45, 2.75) is 40.2 Å². The van der Waals surface area contributed by atoms with Crippen molar-refractivity contribution in [2.75, 3.05) is 0 Å². The summed E-state index contributed by atoms with van der Waals surface area (Å²) < 4.78 is 4.55. The van der Waals surface area contributed by atoms with Gasteiger partial charge in [-0.1, -0.05) is 35.4 Å². The third-order valence-corrected chi connectivity index (χ3v) is 1.62. The molecule has 0 radical (unpaired) electrons. The second kappa shape index (κ2) is 6.23. The summed E-state index contributed by atoms with van der Waals surface area (Å²) >= 11 is 0. The van der Waals surface area contributed by atoms with E-state index in [1.54, 1.807) is 0 Å². The van der Waals surface area contributed by atoms with Crippen LogP contribution in [-0.4, -0.2) is 12.1 Å². The first-order chi connectivity index (χ1) is 6.85. The van der Waals surface area contributed by atoms with Crippen molar-refractivity contribution in [2.24, 2.45) is 0 Å². The monoisotopic (exact) mass is 208 g/mol. The molecule has 2 nitrogen and oxygen atoms in total. The topological polar surface area (TPSA) is 26.3 Å². The van der Waals surface area contributed by atoms with Crippen LogP contribution < -0.4 is 0 Å². The molecule has 0 atom stereocenters. The molecular formula is C13H20O2. The van der Waals surface area contributed by atoms with Crippen LogP contribution in [-0.2, 0) is 9.53 Å². The second-order valence-electron chi connectivity index (χ2n) is 4.48. The molecule has 0 amide bonds. The Kier molecular flexibility index (Phi) is 5.68. The fraction of sp³-hybridized carbons (Fsp3) is 0.462. The SMILES string of the molecule is CC(C)(C)OC=O.Cc1ccc(C)cc1. The maximum atomic E-state index is 9.60. The van der Waals surface area contributed by atoms with Crippen LogP contribution in [0, 0.1) is 13.8 Å². The quantitative estimate of drug-likeness (QED) is 0.662. The normalized spacial score (nSPS) is 9.93. The molecule has 1 aromatic rings. The zero-order valence-electron chi connectivity index (χ0n) is 10.2. The lowest BCUT2D eigenvalue weighted by molar-refractivity contribution is -0.138. The Morgan fingerprint density at radius 1 is 1.00 bits per heavy atom. The molecule has 0 saturated heterocycles. The van der Waals surface area contributed by atoms with Crippen molar-refractivity contribution in [3.8, 4) is 0 Å². The Bertz CT molecular complexity index is 259. The van der Waals surface area contributed by atoms with Crippen molar-refractivity contribution in [3.05, 3.63) is 35.4 Å². The standard InChI is InChI=1S/C8H10.C5H10O2/c1-7-3-5-8(2)6-4-7;1-5(2,3)7-4-6/h3-6H,1-2H3;4H,1-3H3. The van der Waals surface area contributed by atoms with Gasteiger partial charge >= 0.3 is 0 Å². The fourth-order valence-corrected chi connectivity index (χ4v) is 0.781. The highest BCUT2D eigenvalue weighted by Gasteiger charge is 2.07. The Labute approximate surface area is 92.3 Å². The van der Waals surface area contributed by atoms with Crippen molar-refractivity contribution in [1.29, 1.82) is 0 Å². The van der Waals surface area contributed by atoms with Crippen LogP contribution in [0.3, 0.4) is 0 Å². The zero-order chi connectivity index (χ0) is 11.9. The van der Waals surface area contributed by atoms with Gasteiger partial charge in [0.05, 0.1) is 0 Å². The summed E-state index contributed by atoms with van der Waals surface area (Å²) in [7, 11) is 0. The lowest BCUT2D eigenvalue weighted by atomic mass is 10.2. The number of ether oxygens (including phenoxy) is 1. The van der Waals surface area contributed by atoms with E-state index in [4.69, 9.17) is 0 Å². The molecule has 0 aliphatic rings. The van der Waals surface area contributed by atoms with Gasteiger partial charge in [0.2, 0.25) is 0 Å². The Hall–Kier alpha value is -1.31. The van der Waals surface area contributed by atoms with Crippen LogP contribution in [0.1, 0.15) is 31.9 Å². The van der Waals surface area contributed by atoms with E-state index in [9.17, 15) is 4.79 Å². The molecule has 0 spiro atoms. The highest BCUT2D eigenvalue weighted by Crippen LogP contribution is 2.02. The van der Waals surface area contributed by atoms with E-state index in [1.807, 2.05) is 20.8 Å². The molecule has 0 N–H and O–H groups in total. The van der Waals surface area contributed by atoms with E-state index < -0.39 is 0 Å². The average Bonchev–Trinajstić information content (AvgIpc) is 2.09. The van der Waals surface area contributed by atoms with E-state index in [2.05, 4.69) is 42.8 Å². The largest absolute Gasteiger partial charge is 0.462 e. The van der Waals surface area contributed by atoms with E-state index in [0.29, 0.717) is 6.47 Å². The second-order valence-corrected chi connectivity index (χ2v) is 4.48. The summed E-state index contributed by atoms with van der Waals surface area (Å²) in [4.78, 5) is 9.60. The predicted molar refractivity (Wildman–Crippen MR) is 62.8 cm³/mol. The molecule has 0 aliphatic carbocycles. The molecule has 0 unspecified atom stereocenters. The van der Waals surface area contributed by atoms with Gasteiger partial charge in [-0.15, -0.1) is 0 Å². The van der Waals surface area contributed by atoms with E-state index >= 15 is 0 Å². The zero-order valence-corrected chi connectivity index (χ0v) is 10.2. The number of aryl methyl sites for hydroxylation is 2. The number of carbonyl (C=O) groups is 1. The van der Waals surface area contributed by atoms with Gasteiger partial charge in [0.15, 0.2) is 0 Å². The highest BCUT2D eigenvalue weighted by atomic mass is 16.5. The Balaban J connectivity index is 0.000000265. The minimum atomic E-state index is -0.318. The summed E-state index contributed by atoms with van der Waals surface area (Å²) in [6, 6.07) is 8.48. The fourth-order valence-electron chi connectivity index (χ4n) is 0.781. The van der Waals surface area contributed by atoms with Crippen LogP contribution in [0.5, 0.6) is 0 Å². The molecule has 0 bridgehead atoms. The van der Waals surface area contributed by atoms with Gasteiger partial charge in [0.1, 0.15) is 5.60 Å². The lowest BCUT2D eigenvalue weighted by Gasteiger charge is -2.14. The molecule has 84 valence electrons. The Morgan fingerprint density at radius 2 is 1.33 bits per heavy atom. The van der Waals surface area contributed by atoms with E-state index in [-0.39, 0.29) is 5.60 Å². The molecule has 2 heteroatoms. The molecule has 0 aliphatic heterocycles. The molecule has 0 saturated carbocycles. The lowest BCUT2D eigenvalue weighted by Crippen LogP contribution is -2.17. The van der Waals surface area contributed by atoms with Crippen molar-refractivity contribution in [1.82, 2.24) is 0 Å². The molecule has 1 aromatic carbocycles. The summed E-state index contributed by atoms with van der Waals surface area (Å²) in [6.45, 7) is 10.1. The highest BCUT2D eigenvalue weighted by molar-refractivity contribution is 5.37. The van der Waals surface area contributed by atoms with E-state index in [0.717, 1.165) is 0 Å². The van der Waals surface area contributed by atoms with Gasteiger partial charge in [-0.3, -0.25) is 4.79 Å². The van der Waals surface area contributed by atoms with Gasteiger partial charge < -0.3 is 4.74 Å². The van der Waals surface area contributed by atoms with Crippen LogP contribution in [0.4, 0.5) is 0 Å². The number of rotatable bonds is 1. The minimum absolute atomic E-state index is 0.318. The maximum absolute atomic E-state index is 9.60. The summed E-state index contributed by atoms with van der Waals surface area (Å²) in [5, 5.41) is 0. The van der Waals surface area contributed by atoms with Gasteiger partial charge in [-0.25, -0.2) is 0 Å². The van der Waals surface area contributed by atoms with Crippen molar-refractivity contribution >= 4 is 6.47 Å². The smallest absolute Gasteiger partial charge is 0.293 e. The molecule has 1 rings (SSSR count). The molecular weight excluding hydrogens is 188 g/mol. The van der Waals surface area contributed by atoms with Gasteiger partial charge in [-0.05, 0) is 34.6 Å². The predicted octanol–water partition coefficient (Wildman–Crippen LogP) is 3.26. The van der Waals surface area contributed by atoms with E-state index in [1.165, 1.54) is 11.1 Å².